The minimum absolute atomic E-state index is 0. The maximum Gasteiger partial charge on any atom is 0.240 e. The average molecular weight is 407 g/mol. The summed E-state index contributed by atoms with van der Waals surface area (Å²) >= 11 is 0. The van der Waals surface area contributed by atoms with Crippen molar-refractivity contribution in [2.75, 3.05) is 13.2 Å². The summed E-state index contributed by atoms with van der Waals surface area (Å²) in [5.41, 5.74) is 0.366. The number of rotatable bonds is 4. The first-order chi connectivity index (χ1) is 13.1. The molecule has 0 radical (unpaired) electrons. The number of carbonyl (C=O) groups is 1. The van der Waals surface area contributed by atoms with Gasteiger partial charge in [0.2, 0.25) is 5.91 Å². The lowest BCUT2D eigenvalue weighted by Crippen LogP contribution is -2.57. The molecule has 6 nitrogen and oxygen atoms in total. The van der Waals surface area contributed by atoms with Crippen molar-refractivity contribution in [3.63, 3.8) is 0 Å². The fourth-order valence-corrected chi connectivity index (χ4v) is 3.96. The third-order valence-corrected chi connectivity index (χ3v) is 5.32. The molecule has 0 bridgehead atoms. The van der Waals surface area contributed by atoms with E-state index in [-0.39, 0.29) is 30.2 Å². The predicted molar refractivity (Wildman–Crippen MR) is 106 cm³/mol. The summed E-state index contributed by atoms with van der Waals surface area (Å²) < 4.78 is 19.8. The molecule has 28 heavy (non-hydrogen) atoms. The fourth-order valence-electron chi connectivity index (χ4n) is 3.96. The highest BCUT2D eigenvalue weighted by atomic mass is 35.5. The highest BCUT2D eigenvalue weighted by Crippen LogP contribution is 2.36. The number of carbonyl (C=O) groups excluding carboxylic acids is 1. The van der Waals surface area contributed by atoms with Crippen LogP contribution in [-0.4, -0.2) is 34.6 Å². The fraction of sp³-hybridized carbons (Fsp3) is 0.450. The Balaban J connectivity index is 0.00000225. The maximum atomic E-state index is 14.4. The van der Waals surface area contributed by atoms with E-state index in [2.05, 4.69) is 20.6 Å². The van der Waals surface area contributed by atoms with Gasteiger partial charge >= 0.3 is 0 Å². The second kappa shape index (κ2) is 8.41. The van der Waals surface area contributed by atoms with Crippen molar-refractivity contribution in [3.05, 3.63) is 42.1 Å². The van der Waals surface area contributed by atoms with Crippen LogP contribution in [0.3, 0.4) is 0 Å². The Bertz CT molecular complexity index is 866. The first-order valence-corrected chi connectivity index (χ1v) is 9.43. The van der Waals surface area contributed by atoms with Crippen LogP contribution in [0.5, 0.6) is 5.75 Å². The maximum absolute atomic E-state index is 14.4. The highest BCUT2D eigenvalue weighted by Gasteiger charge is 2.46. The van der Waals surface area contributed by atoms with Crippen LogP contribution in [0, 0.1) is 5.82 Å². The van der Waals surface area contributed by atoms with Gasteiger partial charge in [0.15, 0.2) is 0 Å². The Morgan fingerprint density at radius 2 is 2.18 bits per heavy atom. The minimum atomic E-state index is -0.525. The topological polar surface area (TPSA) is 76.1 Å². The van der Waals surface area contributed by atoms with Crippen LogP contribution in [0.1, 0.15) is 44.5 Å². The van der Waals surface area contributed by atoms with Crippen LogP contribution in [-0.2, 0) is 4.79 Å². The molecule has 1 aromatic heterocycles. The summed E-state index contributed by atoms with van der Waals surface area (Å²) in [5.74, 6) is 0.892. The highest BCUT2D eigenvalue weighted by molar-refractivity contribution is 5.87. The van der Waals surface area contributed by atoms with Crippen molar-refractivity contribution in [1.29, 1.82) is 0 Å². The number of benzene rings is 1. The second-order valence-electron chi connectivity index (χ2n) is 7.05. The summed E-state index contributed by atoms with van der Waals surface area (Å²) in [7, 11) is 0. The molecule has 0 unspecified atom stereocenters. The zero-order valence-corrected chi connectivity index (χ0v) is 16.5. The van der Waals surface area contributed by atoms with Gasteiger partial charge in [0.1, 0.15) is 17.4 Å². The van der Waals surface area contributed by atoms with Gasteiger partial charge in [-0.15, -0.1) is 12.4 Å². The smallest absolute Gasteiger partial charge is 0.240 e. The molecule has 0 aliphatic carbocycles. The molecule has 0 saturated carbocycles. The molecular formula is C20H24ClFN4O2. The Hall–Kier alpha value is -2.25. The molecule has 3 heterocycles. The third kappa shape index (κ3) is 3.82. The van der Waals surface area contributed by atoms with Gasteiger partial charge in [0.25, 0.3) is 0 Å². The Kier molecular flexibility index (Phi) is 6.15. The van der Waals surface area contributed by atoms with E-state index in [4.69, 9.17) is 4.74 Å². The molecule has 2 aliphatic rings. The molecule has 8 heteroatoms. The molecule has 2 fully saturated rings. The van der Waals surface area contributed by atoms with Crippen LogP contribution in [0.4, 0.5) is 4.39 Å². The number of aromatic nitrogens is 2. The van der Waals surface area contributed by atoms with E-state index in [0.717, 1.165) is 32.2 Å². The summed E-state index contributed by atoms with van der Waals surface area (Å²) in [5, 5.41) is 6.39. The normalized spacial score (nSPS) is 23.9. The van der Waals surface area contributed by atoms with Crippen molar-refractivity contribution in [1.82, 2.24) is 20.6 Å². The zero-order valence-electron chi connectivity index (χ0n) is 15.7. The predicted octanol–water partition coefficient (Wildman–Crippen LogP) is 3.18. The van der Waals surface area contributed by atoms with E-state index < -0.39 is 5.54 Å². The lowest BCUT2D eigenvalue weighted by atomic mass is 9.88. The Morgan fingerprint density at radius 1 is 1.32 bits per heavy atom. The number of hydrogen-bond acceptors (Lipinski definition) is 5. The monoisotopic (exact) mass is 406 g/mol. The van der Waals surface area contributed by atoms with E-state index in [1.807, 2.05) is 6.92 Å². The van der Waals surface area contributed by atoms with Crippen molar-refractivity contribution >= 4 is 18.3 Å². The summed E-state index contributed by atoms with van der Waals surface area (Å²) in [6.07, 6.45) is 4.95. The van der Waals surface area contributed by atoms with Crippen LogP contribution in [0.25, 0.3) is 11.3 Å². The molecule has 1 spiro atoms. The van der Waals surface area contributed by atoms with Crippen molar-refractivity contribution < 1.29 is 13.9 Å². The number of hydrogen-bond donors (Lipinski definition) is 2. The van der Waals surface area contributed by atoms with Gasteiger partial charge in [-0.25, -0.2) is 14.4 Å². The molecule has 1 aromatic carbocycles. The second-order valence-corrected chi connectivity index (χ2v) is 7.05. The molecule has 150 valence electrons. The van der Waals surface area contributed by atoms with Gasteiger partial charge in [0, 0.05) is 18.3 Å². The van der Waals surface area contributed by atoms with Crippen LogP contribution in [0.15, 0.2) is 30.5 Å². The minimum Gasteiger partial charge on any atom is -0.494 e. The molecule has 2 saturated heterocycles. The molecule has 2 aliphatic heterocycles. The summed E-state index contributed by atoms with van der Waals surface area (Å²) in [4.78, 5) is 21.3. The lowest BCUT2D eigenvalue weighted by molar-refractivity contribution is -0.129. The van der Waals surface area contributed by atoms with Crippen molar-refractivity contribution in [3.8, 4) is 17.0 Å². The first-order valence-electron chi connectivity index (χ1n) is 9.43. The molecule has 2 atom stereocenters. The van der Waals surface area contributed by atoms with E-state index in [0.29, 0.717) is 29.4 Å². The largest absolute Gasteiger partial charge is 0.494 e. The standard InChI is InChI=1S/C20H23FN4O2.ClH/c1-2-27-13-4-5-15(21)14(12-13)16-7-11-22-18(24-16)17-6-9-20(25-17)8-3-10-23-19(20)26;/h4-5,7,11-12,17,25H,2-3,6,8-10H2,1H3,(H,23,26);1H/t17-,20-;/m1./s1. The third-order valence-electron chi connectivity index (χ3n) is 5.32. The molecule has 4 rings (SSSR count). The van der Waals surface area contributed by atoms with E-state index in [9.17, 15) is 9.18 Å². The summed E-state index contributed by atoms with van der Waals surface area (Å²) in [6, 6.07) is 6.22. The quantitative estimate of drug-likeness (QED) is 0.815. The zero-order chi connectivity index (χ0) is 18.9. The SMILES string of the molecule is CCOc1ccc(F)c(-c2ccnc([C@H]3CC[C@@]4(CCCNC4=O)N3)n2)c1.Cl. The van der Waals surface area contributed by atoms with Gasteiger partial charge < -0.3 is 10.1 Å². The number of nitrogens with zero attached hydrogens (tertiary/aromatic N) is 2. The van der Waals surface area contributed by atoms with Gasteiger partial charge in [0.05, 0.1) is 23.9 Å². The number of piperidine rings is 1. The number of nitrogens with one attached hydrogen (secondary N) is 2. The van der Waals surface area contributed by atoms with Crippen LogP contribution in [0.2, 0.25) is 0 Å². The van der Waals surface area contributed by atoms with Crippen LogP contribution >= 0.6 is 12.4 Å². The van der Waals surface area contributed by atoms with Crippen molar-refractivity contribution in [2.24, 2.45) is 0 Å². The number of amides is 1. The molecule has 2 aromatic rings. The average Bonchev–Trinajstić information content (AvgIpc) is 3.11. The summed E-state index contributed by atoms with van der Waals surface area (Å²) in [6.45, 7) is 3.12. The number of ether oxygens (including phenoxy) is 1. The van der Waals surface area contributed by atoms with Gasteiger partial charge in [-0.2, -0.15) is 0 Å². The lowest BCUT2D eigenvalue weighted by Gasteiger charge is -2.33. The molecular weight excluding hydrogens is 383 g/mol. The van der Waals surface area contributed by atoms with Gasteiger partial charge in [-0.05, 0) is 56.9 Å². The van der Waals surface area contributed by atoms with Crippen molar-refractivity contribution in [2.45, 2.75) is 44.2 Å². The van der Waals surface area contributed by atoms with E-state index >= 15 is 0 Å². The Labute approximate surface area is 169 Å². The van der Waals surface area contributed by atoms with E-state index in [1.54, 1.807) is 24.4 Å². The molecule has 2 N–H and O–H groups in total. The van der Waals surface area contributed by atoms with Crippen LogP contribution < -0.4 is 15.4 Å². The first kappa shape index (κ1) is 20.5. The number of halogens is 2. The molecule has 1 amide bonds. The van der Waals surface area contributed by atoms with Gasteiger partial charge in [-0.3, -0.25) is 10.1 Å². The van der Waals surface area contributed by atoms with Gasteiger partial charge in [-0.1, -0.05) is 0 Å². The van der Waals surface area contributed by atoms with E-state index in [1.165, 1.54) is 6.07 Å². The Morgan fingerprint density at radius 3 is 2.96 bits per heavy atom.